The quantitative estimate of drug-likeness (QED) is 0.618. The zero-order valence-electron chi connectivity index (χ0n) is 11.7. The lowest BCUT2D eigenvalue weighted by Gasteiger charge is -2.08. The van der Waals surface area contributed by atoms with Crippen LogP contribution in [0.25, 0.3) is 0 Å². The van der Waals surface area contributed by atoms with Crippen molar-refractivity contribution in [2.24, 2.45) is 5.92 Å². The minimum absolute atomic E-state index is 0.115. The molecule has 1 saturated carbocycles. The highest BCUT2D eigenvalue weighted by Gasteiger charge is 2.38. The Hall–Kier alpha value is -2.11. The summed E-state index contributed by atoms with van der Waals surface area (Å²) in [5.41, 5.74) is 0.299. The molecule has 0 spiro atoms. The number of nitrogens with zero attached hydrogens (tertiary/aromatic N) is 1. The molecule has 6 nitrogen and oxygen atoms in total. The Labute approximate surface area is 117 Å². The summed E-state index contributed by atoms with van der Waals surface area (Å²) in [5, 5.41) is 16.8. The van der Waals surface area contributed by atoms with Crippen molar-refractivity contribution in [2.75, 3.05) is 12.4 Å². The Morgan fingerprint density at radius 1 is 1.50 bits per heavy atom. The Bertz CT molecular complexity index is 530. The third-order valence-electron chi connectivity index (χ3n) is 3.63. The molecule has 1 fully saturated rings. The number of carbonyl (C=O) groups excluding carboxylic acids is 1. The topological polar surface area (TPSA) is 84.3 Å². The van der Waals surface area contributed by atoms with Crippen molar-refractivity contribution < 1.29 is 9.72 Å². The van der Waals surface area contributed by atoms with Gasteiger partial charge in [0, 0.05) is 13.1 Å². The SMILES string of the molecule is CCCC1CC1NC(=O)c1cccc(NC)c1[N+](=O)[O-]. The van der Waals surface area contributed by atoms with E-state index in [1.807, 2.05) is 0 Å². The predicted octanol–water partition coefficient (Wildman–Crippen LogP) is 2.55. The Morgan fingerprint density at radius 3 is 2.85 bits per heavy atom. The molecule has 0 aliphatic heterocycles. The van der Waals surface area contributed by atoms with Crippen LogP contribution in [0.2, 0.25) is 0 Å². The number of hydrogen-bond acceptors (Lipinski definition) is 4. The fourth-order valence-corrected chi connectivity index (χ4v) is 2.49. The van der Waals surface area contributed by atoms with Crippen molar-refractivity contribution in [1.82, 2.24) is 5.32 Å². The molecule has 1 aliphatic carbocycles. The minimum Gasteiger partial charge on any atom is -0.383 e. The second kappa shape index (κ2) is 5.90. The van der Waals surface area contributed by atoms with Crippen LogP contribution in [0.4, 0.5) is 11.4 Å². The van der Waals surface area contributed by atoms with Crippen LogP contribution >= 0.6 is 0 Å². The summed E-state index contributed by atoms with van der Waals surface area (Å²) in [4.78, 5) is 22.8. The van der Waals surface area contributed by atoms with Gasteiger partial charge in [0.15, 0.2) is 0 Å². The van der Waals surface area contributed by atoms with Gasteiger partial charge < -0.3 is 10.6 Å². The van der Waals surface area contributed by atoms with Crippen LogP contribution in [-0.2, 0) is 0 Å². The molecular formula is C14H19N3O3. The van der Waals surface area contributed by atoms with Crippen LogP contribution < -0.4 is 10.6 Å². The Morgan fingerprint density at radius 2 is 2.25 bits per heavy atom. The van der Waals surface area contributed by atoms with Gasteiger partial charge in [-0.1, -0.05) is 19.4 Å². The molecule has 2 unspecified atom stereocenters. The first-order chi connectivity index (χ1) is 9.58. The van der Waals surface area contributed by atoms with Crippen LogP contribution in [0, 0.1) is 16.0 Å². The molecule has 2 rings (SSSR count). The maximum atomic E-state index is 12.2. The third-order valence-corrected chi connectivity index (χ3v) is 3.63. The van der Waals surface area contributed by atoms with Crippen LogP contribution in [0.3, 0.4) is 0 Å². The van der Waals surface area contributed by atoms with Gasteiger partial charge in [-0.2, -0.15) is 0 Å². The number of carbonyl (C=O) groups is 1. The molecule has 6 heteroatoms. The fraction of sp³-hybridized carbons (Fsp3) is 0.500. The maximum Gasteiger partial charge on any atom is 0.305 e. The lowest BCUT2D eigenvalue weighted by Crippen LogP contribution is -2.27. The largest absolute Gasteiger partial charge is 0.383 e. The van der Waals surface area contributed by atoms with E-state index in [0.29, 0.717) is 11.6 Å². The van der Waals surface area contributed by atoms with Crippen molar-refractivity contribution >= 4 is 17.3 Å². The maximum absolute atomic E-state index is 12.2. The molecule has 1 aromatic carbocycles. The highest BCUT2D eigenvalue weighted by Crippen LogP contribution is 2.35. The number of hydrogen-bond donors (Lipinski definition) is 2. The van der Waals surface area contributed by atoms with Crippen LogP contribution in [0.1, 0.15) is 36.5 Å². The summed E-state index contributed by atoms with van der Waals surface area (Å²) >= 11 is 0. The van der Waals surface area contributed by atoms with Crippen molar-refractivity contribution in [3.05, 3.63) is 33.9 Å². The van der Waals surface area contributed by atoms with Crippen LogP contribution in [0.15, 0.2) is 18.2 Å². The Kier molecular flexibility index (Phi) is 4.22. The fourth-order valence-electron chi connectivity index (χ4n) is 2.49. The number of amides is 1. The van der Waals surface area contributed by atoms with Gasteiger partial charge in [0.2, 0.25) is 0 Å². The zero-order valence-corrected chi connectivity index (χ0v) is 11.7. The smallest absolute Gasteiger partial charge is 0.305 e. The first-order valence-electron chi connectivity index (χ1n) is 6.84. The standard InChI is InChI=1S/C14H19N3O3/c1-3-5-9-8-12(9)16-14(18)10-6-4-7-11(15-2)13(10)17(19)20/h4,6-7,9,12,15H,3,5,8H2,1-2H3,(H,16,18). The monoisotopic (exact) mass is 277 g/mol. The molecule has 1 aromatic rings. The number of rotatable bonds is 6. The highest BCUT2D eigenvalue weighted by atomic mass is 16.6. The predicted molar refractivity (Wildman–Crippen MR) is 76.9 cm³/mol. The third kappa shape index (κ3) is 2.89. The van der Waals surface area contributed by atoms with Gasteiger partial charge in [0.05, 0.1) is 4.92 Å². The molecule has 20 heavy (non-hydrogen) atoms. The van der Waals surface area contributed by atoms with Gasteiger partial charge >= 0.3 is 5.69 Å². The van der Waals surface area contributed by atoms with E-state index in [2.05, 4.69) is 17.6 Å². The summed E-state index contributed by atoms with van der Waals surface area (Å²) in [6.07, 6.45) is 3.15. The number of para-hydroxylation sites is 1. The molecule has 0 radical (unpaired) electrons. The summed E-state index contributed by atoms with van der Waals surface area (Å²) < 4.78 is 0. The van der Waals surface area contributed by atoms with E-state index < -0.39 is 4.92 Å². The van der Waals surface area contributed by atoms with Crippen LogP contribution in [-0.4, -0.2) is 23.9 Å². The van der Waals surface area contributed by atoms with E-state index in [1.165, 1.54) is 6.07 Å². The lowest BCUT2D eigenvalue weighted by molar-refractivity contribution is -0.384. The molecule has 108 valence electrons. The van der Waals surface area contributed by atoms with E-state index in [0.717, 1.165) is 19.3 Å². The van der Waals surface area contributed by atoms with Gasteiger partial charge in [-0.05, 0) is 30.9 Å². The molecular weight excluding hydrogens is 258 g/mol. The van der Waals surface area contributed by atoms with Crippen molar-refractivity contribution in [3.63, 3.8) is 0 Å². The van der Waals surface area contributed by atoms with E-state index in [4.69, 9.17) is 0 Å². The summed E-state index contributed by atoms with van der Waals surface area (Å²) in [6.45, 7) is 2.11. The summed E-state index contributed by atoms with van der Waals surface area (Å²) in [6, 6.07) is 4.89. The Balaban J connectivity index is 2.16. The van der Waals surface area contributed by atoms with Crippen molar-refractivity contribution in [2.45, 2.75) is 32.2 Å². The number of nitro benzene ring substituents is 1. The molecule has 0 saturated heterocycles. The first-order valence-corrected chi connectivity index (χ1v) is 6.84. The molecule has 0 aromatic heterocycles. The van der Waals surface area contributed by atoms with Gasteiger partial charge in [0.25, 0.3) is 5.91 Å². The van der Waals surface area contributed by atoms with Crippen molar-refractivity contribution in [1.29, 1.82) is 0 Å². The second-order valence-corrected chi connectivity index (χ2v) is 5.07. The van der Waals surface area contributed by atoms with E-state index in [1.54, 1.807) is 19.2 Å². The molecule has 0 heterocycles. The normalized spacial score (nSPS) is 20.3. The number of anilines is 1. The lowest BCUT2D eigenvalue weighted by atomic mass is 10.1. The van der Waals surface area contributed by atoms with E-state index in [9.17, 15) is 14.9 Å². The van der Waals surface area contributed by atoms with E-state index in [-0.39, 0.29) is 23.2 Å². The average molecular weight is 277 g/mol. The average Bonchev–Trinajstić information content (AvgIpc) is 3.15. The molecule has 2 N–H and O–H groups in total. The number of nitrogens with one attached hydrogen (secondary N) is 2. The van der Waals surface area contributed by atoms with Crippen molar-refractivity contribution in [3.8, 4) is 0 Å². The van der Waals surface area contributed by atoms with Gasteiger partial charge in [-0.15, -0.1) is 0 Å². The van der Waals surface area contributed by atoms with Crippen LogP contribution in [0.5, 0.6) is 0 Å². The highest BCUT2D eigenvalue weighted by molar-refractivity contribution is 6.00. The van der Waals surface area contributed by atoms with Gasteiger partial charge in [0.1, 0.15) is 11.3 Å². The van der Waals surface area contributed by atoms with E-state index >= 15 is 0 Å². The minimum atomic E-state index is -0.517. The van der Waals surface area contributed by atoms with Gasteiger partial charge in [-0.25, -0.2) is 0 Å². The van der Waals surface area contributed by atoms with Gasteiger partial charge in [-0.3, -0.25) is 14.9 Å². The summed E-state index contributed by atoms with van der Waals surface area (Å²) in [5.74, 6) is 0.160. The summed E-state index contributed by atoms with van der Waals surface area (Å²) in [7, 11) is 1.60. The number of nitro groups is 1. The number of benzene rings is 1. The second-order valence-electron chi connectivity index (χ2n) is 5.07. The molecule has 1 aliphatic rings. The molecule has 1 amide bonds. The zero-order chi connectivity index (χ0) is 14.7. The molecule has 2 atom stereocenters. The first kappa shape index (κ1) is 14.3. The molecule has 0 bridgehead atoms.